The fraction of sp³-hybridized carbons (Fsp3) is 0.364. The van der Waals surface area contributed by atoms with Gasteiger partial charge in [-0.25, -0.2) is 0 Å². The van der Waals surface area contributed by atoms with Gasteiger partial charge in [0.1, 0.15) is 0 Å². The molecule has 0 unspecified atom stereocenters. The summed E-state index contributed by atoms with van der Waals surface area (Å²) < 4.78 is 0. The summed E-state index contributed by atoms with van der Waals surface area (Å²) in [5.41, 5.74) is 4.23. The van der Waals surface area contributed by atoms with E-state index in [2.05, 4.69) is 19.9 Å². The molecule has 2 rings (SSSR count). The van der Waals surface area contributed by atoms with Crippen molar-refractivity contribution in [2.45, 2.75) is 46.6 Å². The number of ketones is 1. The fourth-order valence-corrected chi connectivity index (χ4v) is 2.82. The Morgan fingerprint density at radius 1 is 0.920 bits per heavy atom. The molecule has 0 radical (unpaired) electrons. The zero-order valence-electron chi connectivity index (χ0n) is 15.4. The Labute approximate surface area is 150 Å². The number of amides is 1. The van der Waals surface area contributed by atoms with Crippen molar-refractivity contribution in [3.8, 4) is 0 Å². The standard InChI is InChI=1S/C22H27NO2/c1-4-18-10-12-19(13-11-18)21(24)14-15-22(25)23(5-2)16-20-9-7-6-8-17(20)3/h6-13H,4-5,14-16H2,1-3H3. The van der Waals surface area contributed by atoms with Crippen LogP contribution in [0.1, 0.15) is 53.7 Å². The van der Waals surface area contributed by atoms with Crippen molar-refractivity contribution in [2.24, 2.45) is 0 Å². The zero-order valence-corrected chi connectivity index (χ0v) is 15.4. The summed E-state index contributed by atoms with van der Waals surface area (Å²) in [4.78, 5) is 26.6. The molecule has 2 aromatic rings. The Bertz CT molecular complexity index is 719. The number of aryl methyl sites for hydroxylation is 2. The van der Waals surface area contributed by atoms with E-state index in [9.17, 15) is 9.59 Å². The zero-order chi connectivity index (χ0) is 18.2. The van der Waals surface area contributed by atoms with Gasteiger partial charge in [0.15, 0.2) is 5.78 Å². The molecular formula is C22H27NO2. The van der Waals surface area contributed by atoms with E-state index in [-0.39, 0.29) is 24.5 Å². The Hall–Kier alpha value is -2.42. The van der Waals surface area contributed by atoms with Crippen LogP contribution in [-0.4, -0.2) is 23.1 Å². The van der Waals surface area contributed by atoms with E-state index in [0.717, 1.165) is 12.0 Å². The van der Waals surface area contributed by atoms with E-state index in [1.165, 1.54) is 11.1 Å². The Morgan fingerprint density at radius 3 is 2.20 bits per heavy atom. The number of hydrogen-bond acceptors (Lipinski definition) is 2. The number of hydrogen-bond donors (Lipinski definition) is 0. The van der Waals surface area contributed by atoms with Crippen molar-refractivity contribution in [3.63, 3.8) is 0 Å². The first-order valence-electron chi connectivity index (χ1n) is 8.99. The third-order valence-electron chi connectivity index (χ3n) is 4.61. The van der Waals surface area contributed by atoms with Crippen LogP contribution in [0.4, 0.5) is 0 Å². The number of carbonyl (C=O) groups excluding carboxylic acids is 2. The summed E-state index contributed by atoms with van der Waals surface area (Å²) in [5, 5.41) is 0. The first-order chi connectivity index (χ1) is 12.0. The van der Waals surface area contributed by atoms with Crippen LogP contribution < -0.4 is 0 Å². The predicted octanol–water partition coefficient (Wildman–Crippen LogP) is 4.57. The van der Waals surface area contributed by atoms with Gasteiger partial charge in [0.2, 0.25) is 5.91 Å². The van der Waals surface area contributed by atoms with E-state index in [1.807, 2.05) is 54.3 Å². The molecule has 3 nitrogen and oxygen atoms in total. The summed E-state index contributed by atoms with van der Waals surface area (Å²) in [6.45, 7) is 7.36. The van der Waals surface area contributed by atoms with Crippen molar-refractivity contribution < 1.29 is 9.59 Å². The molecule has 3 heteroatoms. The molecule has 0 heterocycles. The van der Waals surface area contributed by atoms with Crippen molar-refractivity contribution >= 4 is 11.7 Å². The molecule has 132 valence electrons. The normalized spacial score (nSPS) is 10.5. The lowest BCUT2D eigenvalue weighted by molar-refractivity contribution is -0.131. The van der Waals surface area contributed by atoms with E-state index >= 15 is 0 Å². The van der Waals surface area contributed by atoms with Crippen molar-refractivity contribution in [1.82, 2.24) is 4.90 Å². The number of Topliss-reactive ketones (excluding diaryl/α,β-unsaturated/α-hetero) is 1. The molecule has 0 aliphatic heterocycles. The van der Waals surface area contributed by atoms with Gasteiger partial charge in [-0.3, -0.25) is 9.59 Å². The summed E-state index contributed by atoms with van der Waals surface area (Å²) in [7, 11) is 0. The molecule has 2 aromatic carbocycles. The van der Waals surface area contributed by atoms with Gasteiger partial charge < -0.3 is 4.90 Å². The van der Waals surface area contributed by atoms with E-state index in [0.29, 0.717) is 18.7 Å². The minimum absolute atomic E-state index is 0.0305. The molecule has 0 aromatic heterocycles. The second-order valence-electron chi connectivity index (χ2n) is 6.31. The van der Waals surface area contributed by atoms with Crippen LogP contribution in [0, 0.1) is 6.92 Å². The van der Waals surface area contributed by atoms with Crippen molar-refractivity contribution in [3.05, 3.63) is 70.8 Å². The molecule has 25 heavy (non-hydrogen) atoms. The van der Waals surface area contributed by atoms with Crippen LogP contribution in [0.25, 0.3) is 0 Å². The Kier molecular flexibility index (Phi) is 6.93. The number of benzene rings is 2. The SMILES string of the molecule is CCc1ccc(C(=O)CCC(=O)N(CC)Cc2ccccc2C)cc1. The fourth-order valence-electron chi connectivity index (χ4n) is 2.82. The van der Waals surface area contributed by atoms with Crippen LogP contribution in [0.2, 0.25) is 0 Å². The maximum atomic E-state index is 12.5. The Balaban J connectivity index is 1.92. The highest BCUT2D eigenvalue weighted by atomic mass is 16.2. The molecule has 0 fully saturated rings. The van der Waals surface area contributed by atoms with Gasteiger partial charge in [-0.15, -0.1) is 0 Å². The third-order valence-corrected chi connectivity index (χ3v) is 4.61. The van der Waals surface area contributed by atoms with E-state index in [1.54, 1.807) is 0 Å². The van der Waals surface area contributed by atoms with Gasteiger partial charge in [-0.1, -0.05) is 55.5 Å². The van der Waals surface area contributed by atoms with E-state index in [4.69, 9.17) is 0 Å². The average Bonchev–Trinajstić information content (AvgIpc) is 2.65. The molecule has 0 saturated carbocycles. The maximum Gasteiger partial charge on any atom is 0.223 e. The largest absolute Gasteiger partial charge is 0.339 e. The highest BCUT2D eigenvalue weighted by molar-refractivity contribution is 5.97. The average molecular weight is 337 g/mol. The third kappa shape index (κ3) is 5.28. The quantitative estimate of drug-likeness (QED) is 0.662. The molecule has 0 aliphatic rings. The first kappa shape index (κ1) is 18.9. The number of carbonyl (C=O) groups is 2. The summed E-state index contributed by atoms with van der Waals surface area (Å²) in [5.74, 6) is 0.0622. The van der Waals surface area contributed by atoms with Gasteiger partial charge >= 0.3 is 0 Å². The van der Waals surface area contributed by atoms with Gasteiger partial charge in [0.05, 0.1) is 0 Å². The van der Waals surface area contributed by atoms with Crippen LogP contribution in [0.3, 0.4) is 0 Å². The number of rotatable bonds is 8. The summed E-state index contributed by atoms with van der Waals surface area (Å²) >= 11 is 0. The topological polar surface area (TPSA) is 37.4 Å². The van der Waals surface area contributed by atoms with Crippen molar-refractivity contribution in [2.75, 3.05) is 6.54 Å². The lowest BCUT2D eigenvalue weighted by Crippen LogP contribution is -2.30. The van der Waals surface area contributed by atoms with Gasteiger partial charge in [-0.05, 0) is 37.0 Å². The molecule has 0 bridgehead atoms. The van der Waals surface area contributed by atoms with Gasteiger partial charge in [0, 0.05) is 31.5 Å². The Morgan fingerprint density at radius 2 is 1.60 bits per heavy atom. The van der Waals surface area contributed by atoms with E-state index < -0.39 is 0 Å². The summed E-state index contributed by atoms with van der Waals surface area (Å²) in [6, 6.07) is 15.8. The van der Waals surface area contributed by atoms with Crippen LogP contribution >= 0.6 is 0 Å². The minimum atomic E-state index is 0.0305. The second-order valence-corrected chi connectivity index (χ2v) is 6.31. The van der Waals surface area contributed by atoms with Crippen LogP contribution in [0.5, 0.6) is 0 Å². The van der Waals surface area contributed by atoms with Crippen molar-refractivity contribution in [1.29, 1.82) is 0 Å². The molecule has 0 atom stereocenters. The first-order valence-corrected chi connectivity index (χ1v) is 8.99. The molecular weight excluding hydrogens is 310 g/mol. The van der Waals surface area contributed by atoms with Gasteiger partial charge in [-0.2, -0.15) is 0 Å². The molecule has 0 N–H and O–H groups in total. The van der Waals surface area contributed by atoms with Crippen LogP contribution in [-0.2, 0) is 17.8 Å². The minimum Gasteiger partial charge on any atom is -0.339 e. The highest BCUT2D eigenvalue weighted by Gasteiger charge is 2.15. The maximum absolute atomic E-state index is 12.5. The van der Waals surface area contributed by atoms with Gasteiger partial charge in [0.25, 0.3) is 0 Å². The predicted molar refractivity (Wildman–Crippen MR) is 102 cm³/mol. The lowest BCUT2D eigenvalue weighted by Gasteiger charge is -2.22. The monoisotopic (exact) mass is 337 g/mol. The highest BCUT2D eigenvalue weighted by Crippen LogP contribution is 2.13. The molecule has 0 spiro atoms. The lowest BCUT2D eigenvalue weighted by atomic mass is 10.0. The molecule has 1 amide bonds. The number of nitrogens with zero attached hydrogens (tertiary/aromatic N) is 1. The van der Waals surface area contributed by atoms with Crippen LogP contribution in [0.15, 0.2) is 48.5 Å². The molecule has 0 aliphatic carbocycles. The molecule has 0 saturated heterocycles. The smallest absolute Gasteiger partial charge is 0.223 e. The second kappa shape index (κ2) is 9.16. The summed E-state index contributed by atoms with van der Waals surface area (Å²) in [6.07, 6.45) is 1.47.